The van der Waals surface area contributed by atoms with Crippen molar-refractivity contribution in [3.63, 3.8) is 0 Å². The van der Waals surface area contributed by atoms with Gasteiger partial charge >= 0.3 is 6.18 Å². The fourth-order valence-electron chi connectivity index (χ4n) is 3.91. The zero-order chi connectivity index (χ0) is 70.3. The fourth-order valence-corrected chi connectivity index (χ4v) is 4.62. The molecule has 0 aliphatic carbocycles. The molecule has 6 rings (SSSR count). The average molecular weight is 787 g/mol. The smallest absolute Gasteiger partial charge is 0.383 e. The monoisotopic (exact) mass is 787 g/mol. The molecular weight excluding hydrogens is 710 g/mol. The number of amides is 1. The Kier molecular flexibility index (Phi) is 4.19. The van der Waals surface area contributed by atoms with Crippen LogP contribution in [0.4, 0.5) is 22.0 Å². The number of halogens is 5. The van der Waals surface area contributed by atoms with Crippen molar-refractivity contribution in [3.8, 4) is 11.1 Å². The summed E-state index contributed by atoms with van der Waals surface area (Å²) >= 11 is -0.978. The number of fused-ring (bicyclic) bond motifs is 1. The largest absolute Gasteiger partial charge is 0.416 e. The summed E-state index contributed by atoms with van der Waals surface area (Å²) in [6, 6.07) is -32.4. The molecular formula is C41H40F5N3O3S. The average Bonchev–Trinajstić information content (AvgIpc) is 0.652. The highest BCUT2D eigenvalue weighted by Crippen LogP contribution is 2.32. The van der Waals surface area contributed by atoms with Gasteiger partial charge in [-0.1, -0.05) is 59.9 Å². The number of nitrogens with zero attached hydrogens (tertiary/aromatic N) is 3. The second-order valence-electron chi connectivity index (χ2n) is 9.74. The molecule has 0 N–H and O–H groups in total. The molecule has 1 amide bonds. The van der Waals surface area contributed by atoms with Crippen LogP contribution < -0.4 is 5.43 Å². The lowest BCUT2D eigenvalue weighted by Crippen LogP contribution is -2.48. The second-order valence-corrected chi connectivity index (χ2v) is 10.5. The van der Waals surface area contributed by atoms with Gasteiger partial charge in [0.2, 0.25) is 5.91 Å². The summed E-state index contributed by atoms with van der Waals surface area (Å²) in [6.45, 7) is -29.8. The molecule has 5 aromatic rings. The first kappa shape index (κ1) is 13.3. The molecule has 0 bridgehead atoms. The number of carbonyl (C=O) groups excluding carboxylic acids is 1. The lowest BCUT2D eigenvalue weighted by atomic mass is 10.00. The first-order chi connectivity index (χ1) is 40.0. The third-order valence-corrected chi connectivity index (χ3v) is 7.02. The Morgan fingerprint density at radius 3 is 2.42 bits per heavy atom. The second kappa shape index (κ2) is 16.7. The van der Waals surface area contributed by atoms with Crippen molar-refractivity contribution in [2.75, 3.05) is 33.1 Å². The molecule has 6 nitrogen and oxygen atoms in total. The number of thioether (sulfide) groups is 1. The van der Waals surface area contributed by atoms with E-state index < -0.39 is 266 Å². The van der Waals surface area contributed by atoms with E-state index in [1.807, 2.05) is 0 Å². The van der Waals surface area contributed by atoms with Crippen LogP contribution in [-0.2, 0) is 34.4 Å². The number of carbonyl (C=O) groups is 1. The Morgan fingerprint density at radius 2 is 1.74 bits per heavy atom. The quantitative estimate of drug-likeness (QED) is 0.0937. The zero-order valence-electron chi connectivity index (χ0n) is 62.9. The van der Waals surface area contributed by atoms with E-state index in [0.717, 1.165) is 6.92 Å². The molecule has 1 aromatic heterocycles. The van der Waals surface area contributed by atoms with Crippen LogP contribution >= 0.6 is 11.8 Å². The predicted octanol–water partition coefficient (Wildman–Crippen LogP) is 8.71. The fraction of sp³-hybridized carbons (Fsp3) is 0.317. The lowest BCUT2D eigenvalue weighted by molar-refractivity contribution is -0.137. The summed E-state index contributed by atoms with van der Waals surface area (Å²) in [4.78, 5) is 27.5. The molecule has 1 aliphatic rings. The third-order valence-electron chi connectivity index (χ3n) is 6.24. The topological polar surface area (TPSA) is 54.8 Å². The summed E-state index contributed by atoms with van der Waals surface area (Å²) in [5, 5.41) is -3.43. The summed E-state index contributed by atoms with van der Waals surface area (Å²) in [7, 11) is -4.12. The molecule has 0 saturated carbocycles. The van der Waals surface area contributed by atoms with Crippen molar-refractivity contribution in [1.82, 2.24) is 14.4 Å². The Balaban J connectivity index is 1.90. The molecule has 2 heterocycles. The molecule has 0 atom stereocenters. The van der Waals surface area contributed by atoms with Crippen molar-refractivity contribution in [3.05, 3.63) is 135 Å². The number of piperidine rings is 1. The van der Waals surface area contributed by atoms with Gasteiger partial charge in [0.1, 0.15) is 6.50 Å². The number of aromatic nitrogens is 1. The zero-order valence-corrected chi connectivity index (χ0v) is 26.7. The normalized spacial score (nSPS) is 30.3. The minimum atomic E-state index is -5.69. The highest BCUT2D eigenvalue weighted by molar-refractivity contribution is 7.98. The van der Waals surface area contributed by atoms with Crippen molar-refractivity contribution < 1.29 is 82.2 Å². The van der Waals surface area contributed by atoms with Gasteiger partial charge in [-0.3, -0.25) is 9.59 Å². The van der Waals surface area contributed by atoms with Crippen LogP contribution in [0.25, 0.3) is 22.0 Å². The van der Waals surface area contributed by atoms with E-state index in [1.165, 1.54) is 0 Å². The van der Waals surface area contributed by atoms with Gasteiger partial charge in [-0.25, -0.2) is 8.78 Å². The Labute approximate surface area is 361 Å². The highest BCUT2D eigenvalue weighted by Gasteiger charge is 2.31. The number of pyridine rings is 1. The van der Waals surface area contributed by atoms with Crippen LogP contribution in [0.3, 0.4) is 0 Å². The van der Waals surface area contributed by atoms with E-state index >= 15 is 13.6 Å². The predicted molar refractivity (Wildman–Crippen MR) is 198 cm³/mol. The van der Waals surface area contributed by atoms with Gasteiger partial charge in [0.15, 0.2) is 17.1 Å². The van der Waals surface area contributed by atoms with Crippen LogP contribution in [0.15, 0.2) is 100 Å². The number of alkyl halides is 3. The Bertz CT molecular complexity index is 3850. The van der Waals surface area contributed by atoms with Crippen LogP contribution in [0.5, 0.6) is 0 Å². The lowest BCUT2D eigenvalue weighted by Gasteiger charge is -2.39. The SMILES string of the molecule is [2H]c1c([2H])c(F)c(F)c(C([2H])([2H])Sc2c([2H])c(=O)c3c([2H])c(C)c([2H])c([2H])c3n2C([2H])([2H])C(=O)N(C([2H])([2H])c2c([2H])c([2H])c(-c3c([2H])c([2H])c(C(F)(F)F)c([2H])c3[2H])c([2H])c2[2H])C2([2H])C([2H])([2H])C([2H])([2H])N(C([2H])([2H])C([2H])([2H])OC([2H])([2H])[2H])C([2H])([2H])C2([2H])[2H])c1[2H]. The van der Waals surface area contributed by atoms with Crippen molar-refractivity contribution in [2.24, 2.45) is 0 Å². The minimum Gasteiger partial charge on any atom is -0.383 e. The number of likely N-dealkylation sites (tertiary alicyclic amines) is 1. The van der Waals surface area contributed by atoms with Crippen molar-refractivity contribution in [2.45, 2.75) is 55.6 Å². The number of ether oxygens (including phenoxy) is 1. The van der Waals surface area contributed by atoms with Crippen LogP contribution in [0.2, 0.25) is 0 Å². The summed E-state index contributed by atoms with van der Waals surface area (Å²) < 4.78 is 400. The third kappa shape index (κ3) is 9.17. The van der Waals surface area contributed by atoms with Gasteiger partial charge in [0.05, 0.1) is 56.9 Å². The molecule has 1 aliphatic heterocycles. The maximum absolute atomic E-state index is 16.2. The Hall–Kier alpha value is -4.52. The first-order valence-corrected chi connectivity index (χ1v) is 14.7. The standard InChI is InChI=1S/C41H40F5N3O3S/c1-27-6-15-36-34(22-27)37(50)23-39(53-26-31-4-3-5-35(42)40(31)43)49(36)25-38(51)48(33-16-18-47(19-17-33)20-21-52-2)24-28-7-9-29(10-8-28)30-11-13-32(14-12-30)41(44,45)46/h3-15,22-23,33H,16-21,24-26H2,1-2H3/i2D3,3D,4D,5D,6D,7D,8D,9D,10D,11D,12D,13D,14D,15D,16D2,17D2,18D2,19D2,20D2,21D2,22D,23D,24D2,25D2,26D2,33D. The number of hydrogen-bond acceptors (Lipinski definition) is 5. The maximum atomic E-state index is 16.2. The van der Waals surface area contributed by atoms with E-state index in [0.29, 0.717) is 0 Å². The van der Waals surface area contributed by atoms with Gasteiger partial charge in [-0.05, 0) is 66.6 Å². The molecule has 0 spiro atoms. The van der Waals surface area contributed by atoms with Crippen molar-refractivity contribution in [1.29, 1.82) is 0 Å². The number of methoxy groups -OCH3 is 1. The molecule has 278 valence electrons. The number of rotatable bonds is 12. The van der Waals surface area contributed by atoms with Gasteiger partial charge in [0.25, 0.3) is 0 Å². The van der Waals surface area contributed by atoms with E-state index in [4.69, 9.17) is 38.4 Å². The van der Waals surface area contributed by atoms with Crippen LogP contribution in [-0.4, -0.2) is 59.4 Å². The maximum Gasteiger partial charge on any atom is 0.416 e. The molecule has 1 saturated heterocycles. The summed E-state index contributed by atoms with van der Waals surface area (Å²) in [5.41, 5.74) is -18.1. The number of benzene rings is 4. The highest BCUT2D eigenvalue weighted by atomic mass is 32.2. The molecule has 4 aromatic carbocycles. The molecule has 0 unspecified atom stereocenters. The van der Waals surface area contributed by atoms with Crippen LogP contribution in [0.1, 0.15) is 85.7 Å². The summed E-state index contributed by atoms with van der Waals surface area (Å²) in [5.74, 6) is -8.24. The minimum absolute atomic E-state index is 0.673. The van der Waals surface area contributed by atoms with E-state index in [-0.39, 0.29) is 0 Å². The molecule has 0 radical (unpaired) electrons. The molecule has 1 fully saturated rings. The van der Waals surface area contributed by atoms with Crippen LogP contribution in [0, 0.1) is 18.6 Å². The Morgan fingerprint density at radius 1 is 1.04 bits per heavy atom. The van der Waals surface area contributed by atoms with E-state index in [9.17, 15) is 30.3 Å². The molecule has 12 heteroatoms. The van der Waals surface area contributed by atoms with Gasteiger partial charge < -0.3 is 19.1 Å². The van der Waals surface area contributed by atoms with Gasteiger partial charge in [-0.15, -0.1) is 11.8 Å². The number of hydrogen-bond donors (Lipinski definition) is 0. The van der Waals surface area contributed by atoms with Gasteiger partial charge in [0, 0.05) is 78.2 Å². The first-order valence-electron chi connectivity index (χ1n) is 32.4. The van der Waals surface area contributed by atoms with E-state index in [1.54, 1.807) is 0 Å². The summed E-state index contributed by atoms with van der Waals surface area (Å²) in [6.07, 6.45) is -16.6. The molecule has 53 heavy (non-hydrogen) atoms. The van der Waals surface area contributed by atoms with Gasteiger partial charge in [-0.2, -0.15) is 13.2 Å². The van der Waals surface area contributed by atoms with Crippen molar-refractivity contribution >= 4 is 28.6 Å². The van der Waals surface area contributed by atoms with E-state index in [2.05, 4.69) is 4.74 Å².